The average molecular weight is 356 g/mol. The maximum atomic E-state index is 12.7. The summed E-state index contributed by atoms with van der Waals surface area (Å²) in [5, 5.41) is 2.12. The molecule has 0 fully saturated rings. The molecule has 0 N–H and O–H groups in total. The number of aryl methyl sites for hydroxylation is 2. The number of hydrogen-bond donors (Lipinski definition) is 0. The van der Waals surface area contributed by atoms with Gasteiger partial charge in [-0.15, -0.1) is 11.3 Å². The van der Waals surface area contributed by atoms with Gasteiger partial charge < -0.3 is 4.90 Å². The molecule has 2 heterocycles. The zero-order valence-electron chi connectivity index (χ0n) is 15.2. The Morgan fingerprint density at radius 3 is 2.68 bits per heavy atom. The van der Waals surface area contributed by atoms with Gasteiger partial charge >= 0.3 is 0 Å². The van der Waals surface area contributed by atoms with Gasteiger partial charge in [0, 0.05) is 29.8 Å². The zero-order valence-corrected chi connectivity index (χ0v) is 16.0. The highest BCUT2D eigenvalue weighted by atomic mass is 32.1. The SMILES string of the molecule is CCC1c2ccsc2CCN1C(=O)CCC(=O)c1ccc(C)c(C)c1. The molecule has 0 saturated heterocycles. The Labute approximate surface area is 153 Å². The van der Waals surface area contributed by atoms with E-state index in [1.165, 1.54) is 16.0 Å². The molecule has 0 saturated carbocycles. The molecule has 0 radical (unpaired) electrons. The molecule has 25 heavy (non-hydrogen) atoms. The minimum atomic E-state index is 0.0535. The Hall–Kier alpha value is -1.94. The number of carbonyl (C=O) groups is 2. The number of carbonyl (C=O) groups excluding carboxylic acids is 2. The van der Waals surface area contributed by atoms with E-state index >= 15 is 0 Å². The number of amides is 1. The smallest absolute Gasteiger partial charge is 0.223 e. The van der Waals surface area contributed by atoms with E-state index in [1.54, 1.807) is 11.3 Å². The molecular formula is C21H25NO2S. The molecule has 3 nitrogen and oxygen atoms in total. The molecule has 3 rings (SSSR count). The van der Waals surface area contributed by atoms with E-state index in [0.29, 0.717) is 12.0 Å². The lowest BCUT2D eigenvalue weighted by Crippen LogP contribution is -2.39. The van der Waals surface area contributed by atoms with Crippen LogP contribution in [0.1, 0.15) is 64.2 Å². The van der Waals surface area contributed by atoms with Crippen LogP contribution in [0.3, 0.4) is 0 Å². The van der Waals surface area contributed by atoms with Crippen molar-refractivity contribution in [3.63, 3.8) is 0 Å². The fraction of sp³-hybridized carbons (Fsp3) is 0.429. The summed E-state index contributed by atoms with van der Waals surface area (Å²) in [6.45, 7) is 6.93. The van der Waals surface area contributed by atoms with Gasteiger partial charge in [0.05, 0.1) is 6.04 Å². The maximum Gasteiger partial charge on any atom is 0.223 e. The fourth-order valence-corrected chi connectivity index (χ4v) is 4.49. The lowest BCUT2D eigenvalue weighted by Gasteiger charge is -2.35. The summed E-state index contributed by atoms with van der Waals surface area (Å²) in [5.41, 5.74) is 4.30. The molecular weight excluding hydrogens is 330 g/mol. The van der Waals surface area contributed by atoms with Crippen LogP contribution in [0.25, 0.3) is 0 Å². The van der Waals surface area contributed by atoms with E-state index < -0.39 is 0 Å². The fourth-order valence-electron chi connectivity index (χ4n) is 3.56. The molecule has 1 aliphatic heterocycles. The van der Waals surface area contributed by atoms with E-state index in [0.717, 1.165) is 24.9 Å². The van der Waals surface area contributed by atoms with E-state index in [-0.39, 0.29) is 24.2 Å². The van der Waals surface area contributed by atoms with Crippen LogP contribution < -0.4 is 0 Å². The molecule has 2 aromatic rings. The van der Waals surface area contributed by atoms with E-state index in [1.807, 2.05) is 36.9 Å². The number of rotatable bonds is 5. The second-order valence-electron chi connectivity index (χ2n) is 6.78. The molecule has 4 heteroatoms. The Morgan fingerprint density at radius 2 is 1.96 bits per heavy atom. The first-order chi connectivity index (χ1) is 12.0. The van der Waals surface area contributed by atoms with E-state index in [9.17, 15) is 9.59 Å². The van der Waals surface area contributed by atoms with Gasteiger partial charge in [0.15, 0.2) is 5.78 Å². The highest BCUT2D eigenvalue weighted by Crippen LogP contribution is 2.35. The summed E-state index contributed by atoms with van der Waals surface area (Å²) in [6, 6.07) is 8.07. The van der Waals surface area contributed by atoms with Crippen molar-refractivity contribution < 1.29 is 9.59 Å². The summed E-state index contributed by atoms with van der Waals surface area (Å²) in [4.78, 5) is 28.5. The summed E-state index contributed by atoms with van der Waals surface area (Å²) >= 11 is 1.78. The third-order valence-corrected chi connectivity index (χ3v) is 6.19. The van der Waals surface area contributed by atoms with Gasteiger partial charge in [-0.1, -0.05) is 19.1 Å². The van der Waals surface area contributed by atoms with Crippen molar-refractivity contribution in [1.82, 2.24) is 4.90 Å². The number of fused-ring (bicyclic) bond motifs is 1. The average Bonchev–Trinajstić information content (AvgIpc) is 3.09. The minimum absolute atomic E-state index is 0.0535. The van der Waals surface area contributed by atoms with Gasteiger partial charge in [0.1, 0.15) is 0 Å². The molecule has 1 aliphatic rings. The van der Waals surface area contributed by atoms with Gasteiger partial charge in [0.2, 0.25) is 5.91 Å². The number of nitrogens with zero attached hydrogens (tertiary/aromatic N) is 1. The predicted octanol–water partition coefficient (Wildman–Crippen LogP) is 4.86. The second-order valence-corrected chi connectivity index (χ2v) is 7.78. The van der Waals surface area contributed by atoms with E-state index in [2.05, 4.69) is 18.4 Å². The van der Waals surface area contributed by atoms with Crippen LogP contribution in [0.5, 0.6) is 0 Å². The number of Topliss-reactive ketones (excluding diaryl/α,β-unsaturated/α-hetero) is 1. The van der Waals surface area contributed by atoms with Crippen LogP contribution >= 0.6 is 11.3 Å². The normalized spacial score (nSPS) is 16.6. The largest absolute Gasteiger partial charge is 0.335 e. The van der Waals surface area contributed by atoms with Crippen molar-refractivity contribution in [1.29, 1.82) is 0 Å². The molecule has 0 aliphatic carbocycles. The Morgan fingerprint density at radius 1 is 1.16 bits per heavy atom. The van der Waals surface area contributed by atoms with Crippen molar-refractivity contribution in [2.24, 2.45) is 0 Å². The third kappa shape index (κ3) is 3.69. The number of thiophene rings is 1. The molecule has 1 amide bonds. The third-order valence-electron chi connectivity index (χ3n) is 5.20. The van der Waals surface area contributed by atoms with Crippen LogP contribution in [0.2, 0.25) is 0 Å². The molecule has 1 atom stereocenters. The first-order valence-corrected chi connectivity index (χ1v) is 9.85. The Bertz CT molecular complexity index is 793. The predicted molar refractivity (Wildman–Crippen MR) is 102 cm³/mol. The van der Waals surface area contributed by atoms with Crippen LogP contribution in [-0.2, 0) is 11.2 Å². The van der Waals surface area contributed by atoms with Crippen LogP contribution in [0.15, 0.2) is 29.6 Å². The lowest BCUT2D eigenvalue weighted by atomic mass is 9.96. The van der Waals surface area contributed by atoms with Crippen LogP contribution in [0, 0.1) is 13.8 Å². The Kier molecular flexibility index (Phi) is 5.38. The van der Waals surface area contributed by atoms with Crippen LogP contribution in [0.4, 0.5) is 0 Å². The zero-order chi connectivity index (χ0) is 18.0. The van der Waals surface area contributed by atoms with Gasteiger partial charge in [-0.05, 0) is 60.9 Å². The van der Waals surface area contributed by atoms with Crippen molar-refractivity contribution >= 4 is 23.0 Å². The molecule has 0 bridgehead atoms. The van der Waals surface area contributed by atoms with Gasteiger partial charge in [-0.2, -0.15) is 0 Å². The minimum Gasteiger partial charge on any atom is -0.335 e. The standard InChI is InChI=1S/C21H25NO2S/c1-4-18-17-10-12-25-20(17)9-11-22(18)21(24)8-7-19(23)16-6-5-14(2)15(3)13-16/h5-6,10,12-13,18H,4,7-9,11H2,1-3H3. The molecule has 1 aromatic heterocycles. The highest BCUT2D eigenvalue weighted by molar-refractivity contribution is 7.10. The van der Waals surface area contributed by atoms with Gasteiger partial charge in [-0.25, -0.2) is 0 Å². The number of ketones is 1. The summed E-state index contributed by atoms with van der Waals surface area (Å²) < 4.78 is 0. The van der Waals surface area contributed by atoms with Crippen molar-refractivity contribution in [2.75, 3.05) is 6.54 Å². The molecule has 1 unspecified atom stereocenters. The maximum absolute atomic E-state index is 12.7. The topological polar surface area (TPSA) is 37.4 Å². The monoisotopic (exact) mass is 355 g/mol. The van der Waals surface area contributed by atoms with Crippen molar-refractivity contribution in [3.05, 3.63) is 56.8 Å². The number of hydrogen-bond acceptors (Lipinski definition) is 3. The lowest BCUT2D eigenvalue weighted by molar-refractivity contribution is -0.134. The first-order valence-electron chi connectivity index (χ1n) is 8.97. The Balaban J connectivity index is 1.64. The molecule has 1 aromatic carbocycles. The van der Waals surface area contributed by atoms with Gasteiger partial charge in [-0.3, -0.25) is 9.59 Å². The summed E-state index contributed by atoms with van der Waals surface area (Å²) in [5.74, 6) is 0.151. The van der Waals surface area contributed by atoms with Gasteiger partial charge in [0.25, 0.3) is 0 Å². The van der Waals surface area contributed by atoms with E-state index in [4.69, 9.17) is 0 Å². The molecule has 132 valence electrons. The quantitative estimate of drug-likeness (QED) is 0.718. The van der Waals surface area contributed by atoms with Crippen molar-refractivity contribution in [2.45, 2.75) is 52.5 Å². The second kappa shape index (κ2) is 7.52. The summed E-state index contributed by atoms with van der Waals surface area (Å²) in [7, 11) is 0. The summed E-state index contributed by atoms with van der Waals surface area (Å²) in [6.07, 6.45) is 2.42. The van der Waals surface area contributed by atoms with Crippen molar-refractivity contribution in [3.8, 4) is 0 Å². The molecule has 0 spiro atoms. The first kappa shape index (κ1) is 17.9. The highest BCUT2D eigenvalue weighted by Gasteiger charge is 2.30. The van der Waals surface area contributed by atoms with Crippen LogP contribution in [-0.4, -0.2) is 23.1 Å². The number of benzene rings is 1.